The summed E-state index contributed by atoms with van der Waals surface area (Å²) in [7, 11) is 0.938. The lowest BCUT2D eigenvalue weighted by atomic mass is 9.78. The molecule has 0 bridgehead atoms. The van der Waals surface area contributed by atoms with Crippen LogP contribution >= 0.6 is 0 Å². The number of ether oxygens (including phenoxy) is 1. The van der Waals surface area contributed by atoms with Gasteiger partial charge in [0, 0.05) is 13.1 Å². The predicted molar refractivity (Wildman–Crippen MR) is 99.6 cm³/mol. The number of nitrogens with zero attached hydrogens (tertiary/aromatic N) is 1. The fourth-order valence-corrected chi connectivity index (χ4v) is 3.36. The second kappa shape index (κ2) is 6.65. The highest BCUT2D eigenvalue weighted by Gasteiger charge is 2.51. The molecule has 5 nitrogen and oxygen atoms in total. The minimum Gasteiger partial charge on any atom is -0.465 e. The summed E-state index contributed by atoms with van der Waals surface area (Å²) in [5.41, 5.74) is 1.55. The Morgan fingerprint density at radius 3 is 2.24 bits per heavy atom. The van der Waals surface area contributed by atoms with Crippen LogP contribution in [0.1, 0.15) is 57.3 Å². The molecule has 0 aromatic heterocycles. The van der Waals surface area contributed by atoms with Gasteiger partial charge in [-0.3, -0.25) is 0 Å². The molecule has 0 spiro atoms. The standard InChI is InChI=1S/C19H28BNO4/c1-18(2)19(3,4)25-20(24-18)14-9-10-16(15(13-14)17(22)23-5)21-11-7-6-8-12-21/h9-10,13H,6-8,11-12H2,1-5H3. The van der Waals surface area contributed by atoms with Crippen molar-refractivity contribution in [1.82, 2.24) is 0 Å². The highest BCUT2D eigenvalue weighted by molar-refractivity contribution is 6.62. The molecule has 3 rings (SSSR count). The van der Waals surface area contributed by atoms with E-state index in [0.29, 0.717) is 5.56 Å². The van der Waals surface area contributed by atoms with Crippen molar-refractivity contribution in [1.29, 1.82) is 0 Å². The van der Waals surface area contributed by atoms with Crippen LogP contribution in [0.25, 0.3) is 0 Å². The smallest absolute Gasteiger partial charge is 0.465 e. The summed E-state index contributed by atoms with van der Waals surface area (Å²) in [6.07, 6.45) is 3.55. The number of piperidine rings is 1. The van der Waals surface area contributed by atoms with E-state index in [4.69, 9.17) is 14.0 Å². The zero-order chi connectivity index (χ0) is 18.2. The molecule has 0 radical (unpaired) electrons. The van der Waals surface area contributed by atoms with E-state index in [-0.39, 0.29) is 5.97 Å². The van der Waals surface area contributed by atoms with Crippen molar-refractivity contribution in [3.63, 3.8) is 0 Å². The summed E-state index contributed by atoms with van der Waals surface area (Å²) < 4.78 is 17.3. The molecule has 1 aromatic rings. The molecule has 2 heterocycles. The summed E-state index contributed by atoms with van der Waals surface area (Å²) in [5, 5.41) is 0. The van der Waals surface area contributed by atoms with Gasteiger partial charge in [-0.1, -0.05) is 6.07 Å². The van der Waals surface area contributed by atoms with Gasteiger partial charge in [0.25, 0.3) is 0 Å². The van der Waals surface area contributed by atoms with Crippen LogP contribution in [0.5, 0.6) is 0 Å². The lowest BCUT2D eigenvalue weighted by molar-refractivity contribution is 0.00578. The minimum atomic E-state index is -0.483. The number of methoxy groups -OCH3 is 1. The van der Waals surface area contributed by atoms with E-state index in [2.05, 4.69) is 4.90 Å². The quantitative estimate of drug-likeness (QED) is 0.623. The lowest BCUT2D eigenvalue weighted by Gasteiger charge is -2.32. The minimum absolute atomic E-state index is 0.320. The maximum absolute atomic E-state index is 12.4. The van der Waals surface area contributed by atoms with Crippen LogP contribution in [0, 0.1) is 0 Å². The third-order valence-corrected chi connectivity index (χ3v) is 5.65. The molecular formula is C19H28BNO4. The van der Waals surface area contributed by atoms with Crippen molar-refractivity contribution >= 4 is 24.2 Å². The SMILES string of the molecule is COC(=O)c1cc(B2OC(C)(C)C(C)(C)O2)ccc1N1CCCCC1. The van der Waals surface area contributed by atoms with Gasteiger partial charge in [0.1, 0.15) is 0 Å². The van der Waals surface area contributed by atoms with Crippen molar-refractivity contribution in [2.75, 3.05) is 25.1 Å². The summed E-state index contributed by atoms with van der Waals surface area (Å²) in [4.78, 5) is 14.6. The van der Waals surface area contributed by atoms with E-state index in [1.165, 1.54) is 13.5 Å². The Balaban J connectivity index is 1.93. The van der Waals surface area contributed by atoms with E-state index < -0.39 is 18.3 Å². The Labute approximate surface area is 150 Å². The molecule has 2 fully saturated rings. The number of hydrogen-bond donors (Lipinski definition) is 0. The van der Waals surface area contributed by atoms with Crippen molar-refractivity contribution in [3.05, 3.63) is 23.8 Å². The van der Waals surface area contributed by atoms with E-state index in [9.17, 15) is 4.79 Å². The Morgan fingerprint density at radius 1 is 1.08 bits per heavy atom. The predicted octanol–water partition coefficient (Wildman–Crippen LogP) is 2.76. The zero-order valence-electron chi connectivity index (χ0n) is 15.9. The van der Waals surface area contributed by atoms with E-state index in [0.717, 1.165) is 37.1 Å². The first-order chi connectivity index (χ1) is 11.7. The number of anilines is 1. The average Bonchev–Trinajstić information content (AvgIpc) is 2.82. The largest absolute Gasteiger partial charge is 0.494 e. The Kier molecular flexibility index (Phi) is 4.86. The molecule has 136 valence electrons. The lowest BCUT2D eigenvalue weighted by Crippen LogP contribution is -2.41. The number of benzene rings is 1. The molecule has 6 heteroatoms. The molecule has 0 amide bonds. The molecule has 0 saturated carbocycles. The summed E-state index contributed by atoms with van der Waals surface area (Å²) in [6, 6.07) is 5.86. The Morgan fingerprint density at radius 2 is 1.68 bits per heavy atom. The molecule has 2 aliphatic rings. The van der Waals surface area contributed by atoms with Crippen LogP contribution in [-0.2, 0) is 14.0 Å². The second-order valence-corrected chi connectivity index (χ2v) is 7.90. The first-order valence-electron chi connectivity index (χ1n) is 9.08. The van der Waals surface area contributed by atoms with Crippen molar-refractivity contribution < 1.29 is 18.8 Å². The fourth-order valence-electron chi connectivity index (χ4n) is 3.36. The normalized spacial score (nSPS) is 22.1. The van der Waals surface area contributed by atoms with Gasteiger partial charge in [0.05, 0.1) is 29.6 Å². The van der Waals surface area contributed by atoms with Gasteiger partial charge in [-0.05, 0) is 64.6 Å². The highest BCUT2D eigenvalue weighted by atomic mass is 16.7. The van der Waals surface area contributed by atoms with Crippen molar-refractivity contribution in [2.45, 2.75) is 58.2 Å². The molecule has 0 N–H and O–H groups in total. The molecule has 0 aliphatic carbocycles. The molecule has 1 aromatic carbocycles. The second-order valence-electron chi connectivity index (χ2n) is 7.90. The van der Waals surface area contributed by atoms with Crippen LogP contribution in [-0.4, -0.2) is 44.5 Å². The van der Waals surface area contributed by atoms with Gasteiger partial charge >= 0.3 is 13.1 Å². The van der Waals surface area contributed by atoms with Gasteiger partial charge in [0.15, 0.2) is 0 Å². The first kappa shape index (κ1) is 18.3. The van der Waals surface area contributed by atoms with Gasteiger partial charge in [-0.25, -0.2) is 4.79 Å². The maximum atomic E-state index is 12.4. The molecule has 2 aliphatic heterocycles. The van der Waals surface area contributed by atoms with Gasteiger partial charge in [-0.15, -0.1) is 0 Å². The van der Waals surface area contributed by atoms with E-state index in [1.807, 2.05) is 45.9 Å². The molecule has 0 unspecified atom stereocenters. The third kappa shape index (κ3) is 3.42. The highest BCUT2D eigenvalue weighted by Crippen LogP contribution is 2.36. The molecule has 25 heavy (non-hydrogen) atoms. The Hall–Kier alpha value is -1.53. The number of carbonyl (C=O) groups excluding carboxylic acids is 1. The van der Waals surface area contributed by atoms with Crippen LogP contribution in [0.2, 0.25) is 0 Å². The average molecular weight is 345 g/mol. The number of carbonyl (C=O) groups is 1. The maximum Gasteiger partial charge on any atom is 0.494 e. The molecular weight excluding hydrogens is 317 g/mol. The topological polar surface area (TPSA) is 48.0 Å². The Bertz CT molecular complexity index is 637. The fraction of sp³-hybridized carbons (Fsp3) is 0.632. The third-order valence-electron chi connectivity index (χ3n) is 5.65. The van der Waals surface area contributed by atoms with Gasteiger partial charge in [0.2, 0.25) is 0 Å². The van der Waals surface area contributed by atoms with Crippen LogP contribution < -0.4 is 10.4 Å². The summed E-state index contributed by atoms with van der Waals surface area (Å²) in [5.74, 6) is -0.320. The molecule has 2 saturated heterocycles. The van der Waals surface area contributed by atoms with Crippen molar-refractivity contribution in [3.8, 4) is 0 Å². The zero-order valence-corrected chi connectivity index (χ0v) is 15.9. The number of esters is 1. The van der Waals surface area contributed by atoms with Crippen LogP contribution in [0.3, 0.4) is 0 Å². The van der Waals surface area contributed by atoms with Gasteiger partial charge in [-0.2, -0.15) is 0 Å². The number of rotatable bonds is 3. The first-order valence-corrected chi connectivity index (χ1v) is 9.08. The van der Waals surface area contributed by atoms with E-state index >= 15 is 0 Å². The van der Waals surface area contributed by atoms with Crippen molar-refractivity contribution in [2.24, 2.45) is 0 Å². The van der Waals surface area contributed by atoms with Crippen LogP contribution in [0.15, 0.2) is 18.2 Å². The van der Waals surface area contributed by atoms with Crippen LogP contribution in [0.4, 0.5) is 5.69 Å². The molecule has 0 atom stereocenters. The summed E-state index contributed by atoms with van der Waals surface area (Å²) >= 11 is 0. The van der Waals surface area contributed by atoms with Gasteiger partial charge < -0.3 is 18.9 Å². The van der Waals surface area contributed by atoms with E-state index in [1.54, 1.807) is 0 Å². The summed E-state index contributed by atoms with van der Waals surface area (Å²) in [6.45, 7) is 10.0. The number of hydrogen-bond acceptors (Lipinski definition) is 5. The monoisotopic (exact) mass is 345 g/mol.